The van der Waals surface area contributed by atoms with Crippen LogP contribution in [0.4, 0.5) is 15.8 Å². The minimum atomic E-state index is -0.735. The molecule has 3 aromatic carbocycles. The molecule has 0 saturated heterocycles. The van der Waals surface area contributed by atoms with Crippen LogP contribution in [-0.2, 0) is 11.4 Å². The molecule has 0 saturated carbocycles. The molecule has 0 radical (unpaired) electrons. The third-order valence-electron chi connectivity index (χ3n) is 6.60. The van der Waals surface area contributed by atoms with Crippen molar-refractivity contribution in [1.29, 1.82) is 0 Å². The first-order valence-corrected chi connectivity index (χ1v) is 13.3. The number of methoxy groups -OCH3 is 2. The number of carbonyl (C=O) groups is 1. The molecule has 0 atom stereocenters. The van der Waals surface area contributed by atoms with Crippen molar-refractivity contribution < 1.29 is 28.2 Å². The lowest BCUT2D eigenvalue weighted by Gasteiger charge is -2.18. The van der Waals surface area contributed by atoms with Crippen LogP contribution < -0.4 is 30.6 Å². The normalized spacial score (nSPS) is 11.2. The van der Waals surface area contributed by atoms with E-state index in [1.165, 1.54) is 38.1 Å². The summed E-state index contributed by atoms with van der Waals surface area (Å²) in [4.78, 5) is 31.8. The highest BCUT2D eigenvalue weighted by Crippen LogP contribution is 2.38. The second-order valence-corrected chi connectivity index (χ2v) is 9.20. The number of anilines is 2. The van der Waals surface area contributed by atoms with Crippen molar-refractivity contribution in [3.05, 3.63) is 112 Å². The molecule has 1 amide bonds. The van der Waals surface area contributed by atoms with E-state index in [1.807, 2.05) is 6.07 Å². The van der Waals surface area contributed by atoms with E-state index < -0.39 is 17.3 Å². The maximum Gasteiger partial charge on any atom is 0.284 e. The van der Waals surface area contributed by atoms with E-state index >= 15 is 4.39 Å². The maximum atomic E-state index is 15.3. The van der Waals surface area contributed by atoms with E-state index in [0.717, 1.165) is 6.07 Å². The van der Waals surface area contributed by atoms with Gasteiger partial charge in [0.15, 0.2) is 23.1 Å². The Labute approximate surface area is 248 Å². The molecule has 43 heavy (non-hydrogen) atoms. The Kier molecular flexibility index (Phi) is 9.68. The Bertz CT molecular complexity index is 1730. The van der Waals surface area contributed by atoms with Crippen molar-refractivity contribution in [2.45, 2.75) is 20.4 Å². The van der Waals surface area contributed by atoms with Gasteiger partial charge >= 0.3 is 0 Å². The highest BCUT2D eigenvalue weighted by atomic mass is 19.1. The van der Waals surface area contributed by atoms with Crippen molar-refractivity contribution in [3.8, 4) is 22.9 Å². The van der Waals surface area contributed by atoms with Gasteiger partial charge in [-0.3, -0.25) is 24.6 Å². The fourth-order valence-electron chi connectivity index (χ4n) is 4.60. The minimum Gasteiger partial charge on any atom is -0.493 e. The lowest BCUT2D eigenvalue weighted by atomic mass is 10.1. The third-order valence-corrected chi connectivity index (χ3v) is 6.60. The topological polar surface area (TPSA) is 105 Å². The monoisotopic (exact) mass is 588 g/mol. The maximum absolute atomic E-state index is 15.3. The zero-order chi connectivity index (χ0) is 31.1. The minimum absolute atomic E-state index is 0.0609. The molecule has 224 valence electrons. The largest absolute Gasteiger partial charge is 0.493 e. The molecule has 10 nitrogen and oxygen atoms in total. The first kappa shape index (κ1) is 30.7. The highest BCUT2D eigenvalue weighted by Gasteiger charge is 2.24. The molecule has 0 spiro atoms. The van der Waals surface area contributed by atoms with Crippen molar-refractivity contribution >= 4 is 23.0 Å². The highest BCUT2D eigenvalue weighted by molar-refractivity contribution is 6.05. The number of amides is 1. The van der Waals surface area contributed by atoms with Crippen molar-refractivity contribution in [2.75, 3.05) is 32.1 Å². The molecular weight excluding hydrogens is 555 g/mol. The summed E-state index contributed by atoms with van der Waals surface area (Å²) in [6.45, 7) is 7.48. The first-order chi connectivity index (χ1) is 20.8. The number of nitrogens with zero attached hydrogens (tertiary/aromatic N) is 2. The lowest BCUT2D eigenvalue weighted by Crippen LogP contribution is -2.25. The van der Waals surface area contributed by atoms with Gasteiger partial charge in [-0.15, -0.1) is 6.58 Å². The van der Waals surface area contributed by atoms with Gasteiger partial charge in [0.2, 0.25) is 0 Å². The SMILES string of the molecule is C=CCn1c(C)c(C(=O)Nc2ccc(O/C(=C/C)c3cc(OC)c(OC)cc3NOC)c(F)c2)c(=O)n1-c1ccccc1. The molecule has 4 aromatic rings. The number of hydrogen-bond acceptors (Lipinski definition) is 7. The van der Waals surface area contributed by atoms with Crippen LogP contribution in [0, 0.1) is 12.7 Å². The summed E-state index contributed by atoms with van der Waals surface area (Å²) in [5.74, 6) is -0.303. The predicted molar refractivity (Wildman–Crippen MR) is 164 cm³/mol. The van der Waals surface area contributed by atoms with Crippen molar-refractivity contribution in [3.63, 3.8) is 0 Å². The number of rotatable bonds is 12. The number of halogens is 1. The Morgan fingerprint density at radius 3 is 2.30 bits per heavy atom. The summed E-state index contributed by atoms with van der Waals surface area (Å²) < 4.78 is 35.1. The predicted octanol–water partition coefficient (Wildman–Crippen LogP) is 5.96. The van der Waals surface area contributed by atoms with Crippen LogP contribution in [0.2, 0.25) is 0 Å². The van der Waals surface area contributed by atoms with E-state index in [-0.39, 0.29) is 17.0 Å². The molecule has 0 fully saturated rings. The van der Waals surface area contributed by atoms with Gasteiger partial charge in [0.25, 0.3) is 11.5 Å². The lowest BCUT2D eigenvalue weighted by molar-refractivity contribution is 0.102. The fourth-order valence-corrected chi connectivity index (χ4v) is 4.60. The van der Waals surface area contributed by atoms with Crippen LogP contribution in [0.15, 0.2) is 84.2 Å². The van der Waals surface area contributed by atoms with Gasteiger partial charge < -0.3 is 19.5 Å². The van der Waals surface area contributed by atoms with Gasteiger partial charge in [-0.25, -0.2) is 9.07 Å². The third kappa shape index (κ3) is 6.31. The zero-order valence-corrected chi connectivity index (χ0v) is 24.6. The molecule has 0 aliphatic carbocycles. The van der Waals surface area contributed by atoms with Gasteiger partial charge in [-0.1, -0.05) is 24.3 Å². The van der Waals surface area contributed by atoms with Gasteiger partial charge in [-0.05, 0) is 50.3 Å². The second kappa shape index (κ2) is 13.6. The van der Waals surface area contributed by atoms with Crippen LogP contribution in [0.1, 0.15) is 28.5 Å². The van der Waals surface area contributed by atoms with Crippen LogP contribution in [0.3, 0.4) is 0 Å². The van der Waals surface area contributed by atoms with Crippen molar-refractivity contribution in [2.24, 2.45) is 0 Å². The van der Waals surface area contributed by atoms with Gasteiger partial charge in [0.05, 0.1) is 44.9 Å². The smallest absolute Gasteiger partial charge is 0.284 e. The Morgan fingerprint density at radius 2 is 1.70 bits per heavy atom. The van der Waals surface area contributed by atoms with Crippen LogP contribution in [-0.4, -0.2) is 36.6 Å². The Morgan fingerprint density at radius 1 is 1.00 bits per heavy atom. The quantitative estimate of drug-likeness (QED) is 0.120. The van der Waals surface area contributed by atoms with Gasteiger partial charge in [0, 0.05) is 23.4 Å². The fraction of sp³-hybridized carbons (Fsp3) is 0.188. The van der Waals surface area contributed by atoms with E-state index in [1.54, 1.807) is 67.1 Å². The van der Waals surface area contributed by atoms with Gasteiger partial charge in [0.1, 0.15) is 11.3 Å². The summed E-state index contributed by atoms with van der Waals surface area (Å²) in [5, 5.41) is 2.64. The average Bonchev–Trinajstić information content (AvgIpc) is 3.26. The Hall–Kier alpha value is -5.29. The van der Waals surface area contributed by atoms with E-state index in [2.05, 4.69) is 17.4 Å². The molecule has 11 heteroatoms. The van der Waals surface area contributed by atoms with E-state index in [4.69, 9.17) is 19.0 Å². The number of para-hydroxylation sites is 1. The molecule has 1 aromatic heterocycles. The van der Waals surface area contributed by atoms with Crippen LogP contribution in [0.5, 0.6) is 17.2 Å². The van der Waals surface area contributed by atoms with E-state index in [9.17, 15) is 9.59 Å². The molecule has 0 unspecified atom stereocenters. The van der Waals surface area contributed by atoms with Crippen molar-refractivity contribution in [1.82, 2.24) is 9.36 Å². The number of benzene rings is 3. The van der Waals surface area contributed by atoms with E-state index in [0.29, 0.717) is 46.4 Å². The summed E-state index contributed by atoms with van der Waals surface area (Å²) in [7, 11) is 4.46. The molecule has 1 heterocycles. The standard InChI is InChI=1S/C32H33FN4O6/c1-7-16-36-20(3)30(32(39)37(36)22-12-10-9-11-13-22)31(38)34-21-14-15-27(24(33)17-21)43-26(8-2)23-18-28(40-4)29(41-5)19-25(23)35-42-6/h7-15,17-19,35H,1,16H2,2-6H3,(H,34,38)/b26-8+. The first-order valence-electron chi connectivity index (χ1n) is 13.3. The molecule has 0 aliphatic heterocycles. The van der Waals surface area contributed by atoms with Crippen LogP contribution in [0.25, 0.3) is 11.4 Å². The number of allylic oxidation sites excluding steroid dienone is 2. The van der Waals surface area contributed by atoms with Gasteiger partial charge in [-0.2, -0.15) is 0 Å². The number of aromatic nitrogens is 2. The number of hydrogen-bond donors (Lipinski definition) is 2. The zero-order valence-electron chi connectivity index (χ0n) is 24.6. The Balaban J connectivity index is 1.62. The number of ether oxygens (including phenoxy) is 3. The summed E-state index contributed by atoms with van der Waals surface area (Å²) in [6, 6.07) is 16.3. The summed E-state index contributed by atoms with van der Waals surface area (Å²) in [5.41, 5.74) is 4.41. The average molecular weight is 589 g/mol. The number of nitrogens with one attached hydrogen (secondary N) is 2. The van der Waals surface area contributed by atoms with Crippen LogP contribution >= 0.6 is 0 Å². The number of carbonyl (C=O) groups excluding carboxylic acids is 1. The molecule has 2 N–H and O–H groups in total. The summed E-state index contributed by atoms with van der Waals surface area (Å²) in [6.07, 6.45) is 3.29. The molecular formula is C32H33FN4O6. The molecule has 0 bridgehead atoms. The second-order valence-electron chi connectivity index (χ2n) is 9.20. The molecule has 4 rings (SSSR count). The summed E-state index contributed by atoms with van der Waals surface area (Å²) >= 11 is 0. The molecule has 0 aliphatic rings.